The number of benzene rings is 1. The van der Waals surface area contributed by atoms with Crippen LogP contribution < -0.4 is 15.0 Å². The van der Waals surface area contributed by atoms with E-state index in [0.29, 0.717) is 41.3 Å². The van der Waals surface area contributed by atoms with E-state index in [9.17, 15) is 13.2 Å². The van der Waals surface area contributed by atoms with Gasteiger partial charge in [0.2, 0.25) is 10.0 Å². The molecule has 35 heavy (non-hydrogen) atoms. The number of sulfonamides is 1. The van der Waals surface area contributed by atoms with Crippen LogP contribution in [0, 0.1) is 5.92 Å². The standard InChI is InChI=1S/C24H34N6O4S/c1-6-34-19-12-10-16(35(32,33)28-20-8-7-13-29(20)4)14-17(19)23-25-21-18(11-9-15(2)3)27-30(5)22(21)24(31)26-23/h10,12,14-15,20,28H,6-9,11,13H2,1-5H3,(H,25,26,31). The minimum Gasteiger partial charge on any atom is -0.493 e. The Morgan fingerprint density at radius 1 is 1.29 bits per heavy atom. The highest BCUT2D eigenvalue weighted by Crippen LogP contribution is 2.31. The Morgan fingerprint density at radius 3 is 2.71 bits per heavy atom. The summed E-state index contributed by atoms with van der Waals surface area (Å²) >= 11 is 0. The van der Waals surface area contributed by atoms with E-state index in [1.807, 2.05) is 18.9 Å². The van der Waals surface area contributed by atoms with E-state index < -0.39 is 10.0 Å². The molecule has 0 saturated carbocycles. The highest BCUT2D eigenvalue weighted by molar-refractivity contribution is 7.89. The lowest BCUT2D eigenvalue weighted by atomic mass is 10.1. The van der Waals surface area contributed by atoms with Gasteiger partial charge in [0.15, 0.2) is 5.52 Å². The van der Waals surface area contributed by atoms with Gasteiger partial charge in [0, 0.05) is 7.05 Å². The molecule has 1 aliphatic rings. The molecule has 0 spiro atoms. The van der Waals surface area contributed by atoms with Crippen LogP contribution in [0.3, 0.4) is 0 Å². The molecule has 11 heteroatoms. The van der Waals surface area contributed by atoms with Gasteiger partial charge in [-0.2, -0.15) is 9.82 Å². The second-order valence-electron chi connectivity index (χ2n) is 9.47. The number of rotatable bonds is 9. The van der Waals surface area contributed by atoms with Crippen LogP contribution in [0.25, 0.3) is 22.4 Å². The first-order valence-corrected chi connectivity index (χ1v) is 13.5. The van der Waals surface area contributed by atoms with Crippen LogP contribution >= 0.6 is 0 Å². The normalized spacial score (nSPS) is 17.0. The van der Waals surface area contributed by atoms with Crippen LogP contribution in [0.4, 0.5) is 0 Å². The topological polar surface area (TPSA) is 122 Å². The van der Waals surface area contributed by atoms with Crippen LogP contribution in [0.5, 0.6) is 5.75 Å². The number of aryl methyl sites for hydroxylation is 2. The van der Waals surface area contributed by atoms with Gasteiger partial charge in [0.25, 0.3) is 5.56 Å². The summed E-state index contributed by atoms with van der Waals surface area (Å²) in [6.07, 6.45) is 3.05. The van der Waals surface area contributed by atoms with E-state index in [-0.39, 0.29) is 22.4 Å². The van der Waals surface area contributed by atoms with Crippen LogP contribution in [0.1, 0.15) is 45.7 Å². The number of H-pyrrole nitrogens is 1. The van der Waals surface area contributed by atoms with E-state index in [0.717, 1.165) is 31.5 Å². The maximum absolute atomic E-state index is 13.2. The number of aromatic amines is 1. The summed E-state index contributed by atoms with van der Waals surface area (Å²) in [5.41, 5.74) is 1.73. The molecule has 10 nitrogen and oxygen atoms in total. The monoisotopic (exact) mass is 502 g/mol. The van der Waals surface area contributed by atoms with E-state index in [1.165, 1.54) is 12.1 Å². The SMILES string of the molecule is CCOc1ccc(S(=O)(=O)NC2CCCN2C)cc1-c1nc2c(CCC(C)C)nn(C)c2c(=O)[nH]1. The summed E-state index contributed by atoms with van der Waals surface area (Å²) in [6.45, 7) is 7.33. The molecule has 0 amide bonds. The zero-order chi connectivity index (χ0) is 25.3. The number of hydrogen-bond acceptors (Lipinski definition) is 7. The fraction of sp³-hybridized carbons (Fsp3) is 0.542. The van der Waals surface area contributed by atoms with Gasteiger partial charge in [-0.05, 0) is 70.3 Å². The van der Waals surface area contributed by atoms with Crippen molar-refractivity contribution in [2.24, 2.45) is 13.0 Å². The molecule has 1 unspecified atom stereocenters. The van der Waals surface area contributed by atoms with Gasteiger partial charge in [-0.1, -0.05) is 13.8 Å². The maximum atomic E-state index is 13.2. The molecule has 1 aliphatic heterocycles. The summed E-state index contributed by atoms with van der Waals surface area (Å²) in [5, 5.41) is 4.53. The van der Waals surface area contributed by atoms with Gasteiger partial charge in [0.1, 0.15) is 17.1 Å². The van der Waals surface area contributed by atoms with Gasteiger partial charge in [-0.3, -0.25) is 14.4 Å². The molecule has 1 aromatic carbocycles. The summed E-state index contributed by atoms with van der Waals surface area (Å²) < 4.78 is 36.5. The Morgan fingerprint density at radius 2 is 2.06 bits per heavy atom. The molecule has 1 atom stereocenters. The minimum atomic E-state index is -3.80. The summed E-state index contributed by atoms with van der Waals surface area (Å²) in [6, 6.07) is 4.63. The Balaban J connectivity index is 1.81. The van der Waals surface area contributed by atoms with Crippen LogP contribution in [0.15, 0.2) is 27.9 Å². The molecule has 2 aromatic heterocycles. The first-order chi connectivity index (χ1) is 16.6. The summed E-state index contributed by atoms with van der Waals surface area (Å²) in [5.74, 6) is 1.17. The van der Waals surface area contributed by atoms with Crippen LogP contribution in [0.2, 0.25) is 0 Å². The zero-order valence-electron chi connectivity index (χ0n) is 21.0. The minimum absolute atomic E-state index is 0.0882. The molecule has 4 rings (SSSR count). The molecule has 0 radical (unpaired) electrons. The molecule has 1 saturated heterocycles. The van der Waals surface area contributed by atoms with E-state index >= 15 is 0 Å². The number of nitrogens with zero attached hydrogens (tertiary/aromatic N) is 4. The molecule has 2 N–H and O–H groups in total. The molecule has 0 bridgehead atoms. The first-order valence-electron chi connectivity index (χ1n) is 12.1. The van der Waals surface area contributed by atoms with Crippen molar-refractivity contribution in [3.63, 3.8) is 0 Å². The van der Waals surface area contributed by atoms with Crippen LogP contribution in [-0.2, 0) is 23.5 Å². The summed E-state index contributed by atoms with van der Waals surface area (Å²) in [4.78, 5) is 22.7. The molecule has 1 fully saturated rings. The Kier molecular flexibility index (Phi) is 7.30. The fourth-order valence-corrected chi connectivity index (χ4v) is 5.73. The molecule has 3 aromatic rings. The van der Waals surface area contributed by atoms with E-state index in [2.05, 4.69) is 28.7 Å². The third-order valence-corrected chi connectivity index (χ3v) is 7.81. The molecular formula is C24H34N6O4S. The Bertz CT molecular complexity index is 1380. The second kappa shape index (κ2) is 10.1. The largest absolute Gasteiger partial charge is 0.493 e. The number of fused-ring (bicyclic) bond motifs is 1. The zero-order valence-corrected chi connectivity index (χ0v) is 21.8. The highest BCUT2D eigenvalue weighted by atomic mass is 32.2. The Labute approximate surface area is 205 Å². The average molecular weight is 503 g/mol. The van der Waals surface area contributed by atoms with Crippen molar-refractivity contribution in [3.05, 3.63) is 34.2 Å². The van der Waals surface area contributed by atoms with Gasteiger partial charge >= 0.3 is 0 Å². The summed E-state index contributed by atoms with van der Waals surface area (Å²) in [7, 11) is -0.171. The lowest BCUT2D eigenvalue weighted by Crippen LogP contribution is -2.42. The quantitative estimate of drug-likeness (QED) is 0.461. The molecule has 190 valence electrons. The van der Waals surface area contributed by atoms with Crippen molar-refractivity contribution in [2.45, 2.75) is 57.5 Å². The predicted octanol–water partition coefficient (Wildman–Crippen LogP) is 2.64. The average Bonchev–Trinajstić information content (AvgIpc) is 3.34. The van der Waals surface area contributed by atoms with Crippen molar-refractivity contribution >= 4 is 21.1 Å². The van der Waals surface area contributed by atoms with Crippen LogP contribution in [-0.4, -0.2) is 59.4 Å². The number of likely N-dealkylation sites (tertiary alicyclic amines) is 1. The van der Waals surface area contributed by atoms with Gasteiger partial charge in [-0.25, -0.2) is 13.4 Å². The van der Waals surface area contributed by atoms with Gasteiger partial charge < -0.3 is 9.72 Å². The second-order valence-corrected chi connectivity index (χ2v) is 11.2. The van der Waals surface area contributed by atoms with E-state index in [4.69, 9.17) is 9.72 Å². The Hall–Kier alpha value is -2.76. The van der Waals surface area contributed by atoms with Gasteiger partial charge in [0.05, 0.1) is 28.9 Å². The highest BCUT2D eigenvalue weighted by Gasteiger charge is 2.28. The van der Waals surface area contributed by atoms with Crippen molar-refractivity contribution in [2.75, 3.05) is 20.2 Å². The third-order valence-electron chi connectivity index (χ3n) is 6.35. The van der Waals surface area contributed by atoms with Crippen molar-refractivity contribution in [1.29, 1.82) is 0 Å². The lowest BCUT2D eigenvalue weighted by molar-refractivity contribution is 0.296. The van der Waals surface area contributed by atoms with Crippen molar-refractivity contribution in [1.82, 2.24) is 29.4 Å². The smallest absolute Gasteiger partial charge is 0.277 e. The molecule has 0 aliphatic carbocycles. The first kappa shape index (κ1) is 25.3. The number of aromatic nitrogens is 4. The van der Waals surface area contributed by atoms with Crippen molar-refractivity contribution < 1.29 is 13.2 Å². The lowest BCUT2D eigenvalue weighted by Gasteiger charge is -2.21. The van der Waals surface area contributed by atoms with Crippen molar-refractivity contribution in [3.8, 4) is 17.1 Å². The molecule has 3 heterocycles. The maximum Gasteiger partial charge on any atom is 0.277 e. The number of hydrogen-bond donors (Lipinski definition) is 2. The predicted molar refractivity (Wildman–Crippen MR) is 135 cm³/mol. The molecular weight excluding hydrogens is 468 g/mol. The fourth-order valence-electron chi connectivity index (χ4n) is 4.42. The third kappa shape index (κ3) is 5.26. The van der Waals surface area contributed by atoms with E-state index in [1.54, 1.807) is 17.8 Å². The van der Waals surface area contributed by atoms with Gasteiger partial charge in [-0.15, -0.1) is 0 Å². The number of nitrogens with one attached hydrogen (secondary N) is 2. The number of ether oxygens (including phenoxy) is 1.